The van der Waals surface area contributed by atoms with Crippen molar-refractivity contribution in [3.05, 3.63) is 16.8 Å². The Kier molecular flexibility index (Phi) is 3.47. The number of carbonyl (C=O) groups is 1. The second-order valence-electron chi connectivity index (χ2n) is 4.55. The molecule has 0 bridgehead atoms. The minimum absolute atomic E-state index is 0.0674. The van der Waals surface area contributed by atoms with Gasteiger partial charge in [-0.05, 0) is 12.3 Å². The first-order chi connectivity index (χ1) is 8.06. The molecule has 1 saturated heterocycles. The number of nitrogens with zero attached hydrogens (tertiary/aromatic N) is 2. The summed E-state index contributed by atoms with van der Waals surface area (Å²) in [6.07, 6.45) is 1.37. The van der Waals surface area contributed by atoms with Gasteiger partial charge in [0.1, 0.15) is 5.82 Å². The highest BCUT2D eigenvalue weighted by molar-refractivity contribution is 6.31. The Hall–Kier alpha value is -1.36. The molecule has 1 aromatic rings. The average Bonchev–Trinajstić information content (AvgIpc) is 2.27. The number of rotatable bonds is 2. The maximum absolute atomic E-state index is 11.7. The van der Waals surface area contributed by atoms with Gasteiger partial charge in [-0.15, -0.1) is 5.10 Å². The molecule has 2 atom stereocenters. The molecule has 1 fully saturated rings. The van der Waals surface area contributed by atoms with Gasteiger partial charge < -0.3 is 11.1 Å². The molecule has 17 heavy (non-hydrogen) atoms. The quantitative estimate of drug-likeness (QED) is 0.826. The van der Waals surface area contributed by atoms with Gasteiger partial charge in [-0.25, -0.2) is 0 Å². The van der Waals surface area contributed by atoms with Crippen molar-refractivity contribution < 1.29 is 4.79 Å². The third kappa shape index (κ3) is 2.85. The lowest BCUT2D eigenvalue weighted by molar-refractivity contribution is -0.127. The van der Waals surface area contributed by atoms with Crippen molar-refractivity contribution in [2.75, 3.05) is 12.3 Å². The van der Waals surface area contributed by atoms with E-state index in [0.29, 0.717) is 28.9 Å². The Labute approximate surface area is 105 Å². The Morgan fingerprint density at radius 2 is 2.35 bits per heavy atom. The molecule has 0 saturated carbocycles. The van der Waals surface area contributed by atoms with Gasteiger partial charge in [-0.3, -0.25) is 4.79 Å². The second kappa shape index (κ2) is 4.87. The summed E-state index contributed by atoms with van der Waals surface area (Å²) in [5.74, 6) is 0.769. The molecule has 1 aliphatic rings. The molecular formula is C11H15ClN4O. The molecule has 6 heteroatoms. The van der Waals surface area contributed by atoms with Crippen LogP contribution < -0.4 is 11.1 Å². The lowest BCUT2D eigenvalue weighted by Crippen LogP contribution is -2.41. The number of amides is 1. The third-order valence-corrected chi connectivity index (χ3v) is 3.29. The molecule has 1 aliphatic heterocycles. The minimum atomic E-state index is -0.0748. The molecule has 5 nitrogen and oxygen atoms in total. The Balaban J connectivity index is 2.11. The Morgan fingerprint density at radius 1 is 1.59 bits per heavy atom. The third-order valence-electron chi connectivity index (χ3n) is 2.96. The Morgan fingerprint density at radius 3 is 3.06 bits per heavy atom. The van der Waals surface area contributed by atoms with E-state index < -0.39 is 0 Å². The van der Waals surface area contributed by atoms with E-state index in [1.165, 1.54) is 0 Å². The van der Waals surface area contributed by atoms with Gasteiger partial charge in [-0.1, -0.05) is 18.5 Å². The molecule has 0 aromatic carbocycles. The maximum atomic E-state index is 11.7. The number of hydrogen-bond acceptors (Lipinski definition) is 4. The zero-order valence-corrected chi connectivity index (χ0v) is 10.4. The lowest BCUT2D eigenvalue weighted by atomic mass is 9.88. The van der Waals surface area contributed by atoms with Gasteiger partial charge in [0.05, 0.1) is 10.7 Å². The number of aromatic nitrogens is 2. The molecule has 1 aromatic heterocycles. The molecule has 2 rings (SSSR count). The fourth-order valence-electron chi connectivity index (χ4n) is 2.05. The zero-order chi connectivity index (χ0) is 12.4. The van der Waals surface area contributed by atoms with E-state index in [-0.39, 0.29) is 11.8 Å². The number of nitrogen functional groups attached to an aromatic ring is 1. The fraction of sp³-hybridized carbons (Fsp3) is 0.545. The highest BCUT2D eigenvalue weighted by Crippen LogP contribution is 2.24. The Bertz CT molecular complexity index is 437. The van der Waals surface area contributed by atoms with E-state index >= 15 is 0 Å². The van der Waals surface area contributed by atoms with E-state index in [9.17, 15) is 4.79 Å². The van der Waals surface area contributed by atoms with Crippen molar-refractivity contribution in [2.24, 2.45) is 11.8 Å². The number of nitrogens with one attached hydrogen (secondary N) is 1. The summed E-state index contributed by atoms with van der Waals surface area (Å²) in [5, 5.41) is 11.1. The summed E-state index contributed by atoms with van der Waals surface area (Å²) in [4.78, 5) is 11.7. The normalized spacial score (nSPS) is 24.5. The number of hydrogen-bond donors (Lipinski definition) is 2. The molecule has 2 heterocycles. The molecule has 92 valence electrons. The summed E-state index contributed by atoms with van der Waals surface area (Å²) in [6, 6.07) is 1.56. The summed E-state index contributed by atoms with van der Waals surface area (Å²) < 4.78 is 0. The van der Waals surface area contributed by atoms with Gasteiger partial charge in [0.15, 0.2) is 0 Å². The van der Waals surface area contributed by atoms with Crippen LogP contribution in [0.3, 0.4) is 0 Å². The summed E-state index contributed by atoms with van der Waals surface area (Å²) in [6.45, 7) is 2.86. The SMILES string of the molecule is C[C@H]1CNC(=O)C(Cc2nnc(N)cc2Cl)C1. The number of piperidine rings is 1. The van der Waals surface area contributed by atoms with Crippen molar-refractivity contribution in [1.29, 1.82) is 0 Å². The van der Waals surface area contributed by atoms with Gasteiger partial charge >= 0.3 is 0 Å². The van der Waals surface area contributed by atoms with Crippen LogP contribution >= 0.6 is 11.6 Å². The van der Waals surface area contributed by atoms with E-state index in [1.807, 2.05) is 0 Å². The predicted molar refractivity (Wildman–Crippen MR) is 65.4 cm³/mol. The van der Waals surface area contributed by atoms with Crippen LogP contribution in [-0.4, -0.2) is 22.6 Å². The number of anilines is 1. The van der Waals surface area contributed by atoms with Gasteiger partial charge in [0.25, 0.3) is 0 Å². The van der Waals surface area contributed by atoms with Crippen LogP contribution in [-0.2, 0) is 11.2 Å². The average molecular weight is 255 g/mol. The van der Waals surface area contributed by atoms with E-state index in [0.717, 1.165) is 13.0 Å². The largest absolute Gasteiger partial charge is 0.382 e. The summed E-state index contributed by atoms with van der Waals surface area (Å²) >= 11 is 6.02. The fourth-order valence-corrected chi connectivity index (χ4v) is 2.28. The molecular weight excluding hydrogens is 240 g/mol. The first-order valence-corrected chi connectivity index (χ1v) is 5.99. The van der Waals surface area contributed by atoms with Gasteiger partial charge in [0, 0.05) is 24.9 Å². The van der Waals surface area contributed by atoms with Crippen molar-refractivity contribution >= 4 is 23.3 Å². The first-order valence-electron chi connectivity index (χ1n) is 5.61. The standard InChI is InChI=1S/C11H15ClN4O/c1-6-2-7(11(17)14-5-6)3-9-8(12)4-10(13)16-15-9/h4,6-7H,2-3,5H2,1H3,(H2,13,16)(H,14,17)/t6-,7?/m1/s1. The summed E-state index contributed by atoms with van der Waals surface area (Å²) in [7, 11) is 0. The van der Waals surface area contributed by atoms with Gasteiger partial charge in [-0.2, -0.15) is 5.10 Å². The monoisotopic (exact) mass is 254 g/mol. The first kappa shape index (κ1) is 12.1. The van der Waals surface area contributed by atoms with Crippen molar-refractivity contribution in [3.63, 3.8) is 0 Å². The number of halogens is 1. The zero-order valence-electron chi connectivity index (χ0n) is 9.61. The lowest BCUT2D eigenvalue weighted by Gasteiger charge is -2.26. The number of nitrogens with two attached hydrogens (primary N) is 1. The van der Waals surface area contributed by atoms with Crippen LogP contribution in [0.1, 0.15) is 19.0 Å². The van der Waals surface area contributed by atoms with Crippen molar-refractivity contribution in [1.82, 2.24) is 15.5 Å². The van der Waals surface area contributed by atoms with Crippen molar-refractivity contribution in [3.8, 4) is 0 Å². The highest BCUT2D eigenvalue weighted by atomic mass is 35.5. The van der Waals surface area contributed by atoms with Crippen LogP contribution in [0.15, 0.2) is 6.07 Å². The second-order valence-corrected chi connectivity index (χ2v) is 4.96. The molecule has 0 radical (unpaired) electrons. The smallest absolute Gasteiger partial charge is 0.223 e. The summed E-state index contributed by atoms with van der Waals surface area (Å²) in [5.41, 5.74) is 6.11. The van der Waals surface area contributed by atoms with Gasteiger partial charge in [0.2, 0.25) is 5.91 Å². The van der Waals surface area contributed by atoms with E-state index in [1.54, 1.807) is 6.07 Å². The number of carbonyl (C=O) groups excluding carboxylic acids is 1. The van der Waals surface area contributed by atoms with Crippen LogP contribution in [0.5, 0.6) is 0 Å². The molecule has 3 N–H and O–H groups in total. The molecule has 0 spiro atoms. The van der Waals surface area contributed by atoms with Crippen LogP contribution in [0.4, 0.5) is 5.82 Å². The molecule has 1 unspecified atom stereocenters. The van der Waals surface area contributed by atoms with Crippen LogP contribution in [0, 0.1) is 11.8 Å². The van der Waals surface area contributed by atoms with Crippen LogP contribution in [0.2, 0.25) is 5.02 Å². The molecule has 1 amide bonds. The van der Waals surface area contributed by atoms with E-state index in [2.05, 4.69) is 22.4 Å². The maximum Gasteiger partial charge on any atom is 0.223 e. The van der Waals surface area contributed by atoms with Crippen molar-refractivity contribution in [2.45, 2.75) is 19.8 Å². The van der Waals surface area contributed by atoms with E-state index in [4.69, 9.17) is 17.3 Å². The molecule has 0 aliphatic carbocycles. The minimum Gasteiger partial charge on any atom is -0.382 e. The topological polar surface area (TPSA) is 80.9 Å². The van der Waals surface area contributed by atoms with Crippen LogP contribution in [0.25, 0.3) is 0 Å². The predicted octanol–water partition coefficient (Wildman–Crippen LogP) is 1.03. The highest BCUT2D eigenvalue weighted by Gasteiger charge is 2.27.